The van der Waals surface area contributed by atoms with Crippen molar-refractivity contribution in [1.82, 2.24) is 15.1 Å². The van der Waals surface area contributed by atoms with Crippen LogP contribution in [0.25, 0.3) is 0 Å². The molecule has 18 heavy (non-hydrogen) atoms. The normalized spacial score (nSPS) is 24.9. The zero-order chi connectivity index (χ0) is 13.9. The Hall–Kier alpha value is -0.610. The molecule has 0 aromatic rings. The highest BCUT2D eigenvalue weighted by Crippen LogP contribution is 2.21. The zero-order valence-corrected chi connectivity index (χ0v) is 12.7. The lowest BCUT2D eigenvalue weighted by Crippen LogP contribution is -2.41. The molecular weight excluding hydrogens is 226 g/mol. The number of carbonyl (C=O) groups is 1. The molecule has 4 heteroatoms. The molecule has 0 radical (unpaired) electrons. The van der Waals surface area contributed by atoms with E-state index >= 15 is 0 Å². The predicted molar refractivity (Wildman–Crippen MR) is 75.3 cm³/mol. The molecule has 1 N–H and O–H groups in total. The molecule has 2 atom stereocenters. The Balaban J connectivity index is 2.70. The van der Waals surface area contributed by atoms with Crippen molar-refractivity contribution in [2.45, 2.75) is 46.3 Å². The first-order valence-electron chi connectivity index (χ1n) is 7.04. The van der Waals surface area contributed by atoms with Crippen LogP contribution < -0.4 is 5.32 Å². The molecule has 1 heterocycles. The predicted octanol–water partition coefficient (Wildman–Crippen LogP) is 1.38. The van der Waals surface area contributed by atoms with Crippen molar-refractivity contribution in [3.8, 4) is 0 Å². The maximum absolute atomic E-state index is 12.4. The molecule has 4 nitrogen and oxygen atoms in total. The third kappa shape index (κ3) is 3.95. The average molecular weight is 255 g/mol. The van der Waals surface area contributed by atoms with Crippen LogP contribution in [0.4, 0.5) is 0 Å². The summed E-state index contributed by atoms with van der Waals surface area (Å²) in [5.41, 5.74) is 0. The van der Waals surface area contributed by atoms with Crippen molar-refractivity contribution in [3.05, 3.63) is 0 Å². The van der Waals surface area contributed by atoms with E-state index in [4.69, 9.17) is 0 Å². The quantitative estimate of drug-likeness (QED) is 0.779. The smallest absolute Gasteiger partial charge is 0.241 e. The number of nitrogens with one attached hydrogen (secondary N) is 1. The lowest BCUT2D eigenvalue weighted by atomic mass is 10.0. The van der Waals surface area contributed by atoms with Gasteiger partial charge in [-0.1, -0.05) is 27.7 Å². The fourth-order valence-electron chi connectivity index (χ4n) is 2.39. The van der Waals surface area contributed by atoms with Crippen LogP contribution in [0, 0.1) is 11.8 Å². The molecule has 1 fully saturated rings. The van der Waals surface area contributed by atoms with Crippen LogP contribution in [-0.4, -0.2) is 55.1 Å². The van der Waals surface area contributed by atoms with Gasteiger partial charge in [0.2, 0.25) is 5.91 Å². The van der Waals surface area contributed by atoms with Crippen LogP contribution in [0.5, 0.6) is 0 Å². The van der Waals surface area contributed by atoms with E-state index in [0.29, 0.717) is 11.8 Å². The van der Waals surface area contributed by atoms with Gasteiger partial charge >= 0.3 is 0 Å². The van der Waals surface area contributed by atoms with Gasteiger partial charge in [0.1, 0.15) is 0 Å². The highest BCUT2D eigenvalue weighted by molar-refractivity contribution is 5.84. The summed E-state index contributed by atoms with van der Waals surface area (Å²) in [6.45, 7) is 10.4. The van der Waals surface area contributed by atoms with E-state index in [-0.39, 0.29) is 18.1 Å². The standard InChI is InChI=1S/C14H29N3O/c1-10(2)9-12-15-13(11(3)4)14(18)17(12)8-7-16(5)6/h10-13,15H,7-9H2,1-6H3. The number of hydrogen-bond acceptors (Lipinski definition) is 3. The molecule has 1 aliphatic rings. The van der Waals surface area contributed by atoms with Crippen molar-refractivity contribution in [2.24, 2.45) is 11.8 Å². The molecule has 1 saturated heterocycles. The molecule has 106 valence electrons. The second-order valence-electron chi connectivity index (χ2n) is 6.37. The Morgan fingerprint density at radius 2 is 1.89 bits per heavy atom. The Morgan fingerprint density at radius 3 is 2.33 bits per heavy atom. The summed E-state index contributed by atoms with van der Waals surface area (Å²) < 4.78 is 0. The van der Waals surface area contributed by atoms with Gasteiger partial charge in [0, 0.05) is 13.1 Å². The monoisotopic (exact) mass is 255 g/mol. The second-order valence-corrected chi connectivity index (χ2v) is 6.37. The van der Waals surface area contributed by atoms with Crippen molar-refractivity contribution in [1.29, 1.82) is 0 Å². The minimum Gasteiger partial charge on any atom is -0.324 e. The molecule has 0 aromatic carbocycles. The first-order valence-corrected chi connectivity index (χ1v) is 7.04. The van der Waals surface area contributed by atoms with Crippen LogP contribution in [0.1, 0.15) is 34.1 Å². The van der Waals surface area contributed by atoms with Crippen LogP contribution in [0.2, 0.25) is 0 Å². The van der Waals surface area contributed by atoms with E-state index in [1.807, 2.05) is 19.0 Å². The molecular formula is C14H29N3O. The van der Waals surface area contributed by atoms with Crippen LogP contribution in [-0.2, 0) is 4.79 Å². The highest BCUT2D eigenvalue weighted by Gasteiger charge is 2.39. The van der Waals surface area contributed by atoms with Crippen LogP contribution in [0.15, 0.2) is 0 Å². The van der Waals surface area contributed by atoms with E-state index in [1.165, 1.54) is 0 Å². The zero-order valence-electron chi connectivity index (χ0n) is 12.7. The van der Waals surface area contributed by atoms with Gasteiger partial charge in [0.05, 0.1) is 12.2 Å². The molecule has 0 spiro atoms. The summed E-state index contributed by atoms with van der Waals surface area (Å²) in [6.07, 6.45) is 1.24. The summed E-state index contributed by atoms with van der Waals surface area (Å²) in [5, 5.41) is 3.50. The van der Waals surface area contributed by atoms with Gasteiger partial charge in [0.25, 0.3) is 0 Å². The Morgan fingerprint density at radius 1 is 1.28 bits per heavy atom. The Bertz CT molecular complexity index is 276. The van der Waals surface area contributed by atoms with Crippen LogP contribution >= 0.6 is 0 Å². The van der Waals surface area contributed by atoms with Gasteiger partial charge in [-0.2, -0.15) is 0 Å². The highest BCUT2D eigenvalue weighted by atomic mass is 16.2. The third-order valence-electron chi connectivity index (χ3n) is 3.45. The molecule has 0 aliphatic carbocycles. The van der Waals surface area contributed by atoms with E-state index in [1.54, 1.807) is 0 Å². The number of amides is 1. The van der Waals surface area contributed by atoms with Gasteiger partial charge in [0.15, 0.2) is 0 Å². The fourth-order valence-corrected chi connectivity index (χ4v) is 2.39. The number of rotatable bonds is 6. The van der Waals surface area contributed by atoms with Gasteiger partial charge in [-0.3, -0.25) is 10.1 Å². The average Bonchev–Trinajstić information content (AvgIpc) is 2.52. The van der Waals surface area contributed by atoms with E-state index < -0.39 is 0 Å². The number of carbonyl (C=O) groups excluding carboxylic acids is 1. The summed E-state index contributed by atoms with van der Waals surface area (Å²) >= 11 is 0. The van der Waals surface area contributed by atoms with Gasteiger partial charge in [-0.15, -0.1) is 0 Å². The molecule has 1 aliphatic heterocycles. The summed E-state index contributed by atoms with van der Waals surface area (Å²) in [4.78, 5) is 16.6. The lowest BCUT2D eigenvalue weighted by molar-refractivity contribution is -0.131. The molecule has 0 saturated carbocycles. The summed E-state index contributed by atoms with van der Waals surface area (Å²) in [6, 6.07) is -0.00378. The van der Waals surface area contributed by atoms with Gasteiger partial charge in [-0.05, 0) is 32.4 Å². The minimum atomic E-state index is -0.00378. The molecule has 0 aromatic heterocycles. The largest absolute Gasteiger partial charge is 0.324 e. The summed E-state index contributed by atoms with van der Waals surface area (Å²) in [5.74, 6) is 1.23. The minimum absolute atomic E-state index is 0.00378. The van der Waals surface area contributed by atoms with Crippen molar-refractivity contribution in [2.75, 3.05) is 27.2 Å². The van der Waals surface area contributed by atoms with Crippen molar-refractivity contribution >= 4 is 5.91 Å². The Labute approximate surface area is 112 Å². The van der Waals surface area contributed by atoms with E-state index in [9.17, 15) is 4.79 Å². The molecule has 0 bridgehead atoms. The number of likely N-dealkylation sites (N-methyl/N-ethyl adjacent to an activating group) is 1. The second kappa shape index (κ2) is 6.53. The first kappa shape index (κ1) is 15.4. The van der Waals surface area contributed by atoms with Gasteiger partial charge < -0.3 is 9.80 Å². The van der Waals surface area contributed by atoms with Crippen LogP contribution in [0.3, 0.4) is 0 Å². The van der Waals surface area contributed by atoms with Crippen molar-refractivity contribution < 1.29 is 4.79 Å². The topological polar surface area (TPSA) is 35.6 Å². The maximum Gasteiger partial charge on any atom is 0.241 e. The number of hydrogen-bond donors (Lipinski definition) is 1. The van der Waals surface area contributed by atoms with E-state index in [2.05, 4.69) is 37.9 Å². The Kier molecular flexibility index (Phi) is 5.60. The molecule has 2 unspecified atom stereocenters. The van der Waals surface area contributed by atoms with Crippen molar-refractivity contribution in [3.63, 3.8) is 0 Å². The third-order valence-corrected chi connectivity index (χ3v) is 3.45. The first-order chi connectivity index (χ1) is 8.32. The SMILES string of the molecule is CC(C)CC1NC(C(C)C)C(=O)N1CCN(C)C. The van der Waals surface area contributed by atoms with Gasteiger partial charge in [-0.25, -0.2) is 0 Å². The fraction of sp³-hybridized carbons (Fsp3) is 0.929. The maximum atomic E-state index is 12.4. The number of nitrogens with zero attached hydrogens (tertiary/aromatic N) is 2. The molecule has 1 rings (SSSR count). The van der Waals surface area contributed by atoms with E-state index in [0.717, 1.165) is 19.5 Å². The molecule has 1 amide bonds. The lowest BCUT2D eigenvalue weighted by Gasteiger charge is -2.26. The summed E-state index contributed by atoms with van der Waals surface area (Å²) in [7, 11) is 4.09.